The van der Waals surface area contributed by atoms with Crippen LogP contribution in [0.15, 0.2) is 84.5 Å². The van der Waals surface area contributed by atoms with Gasteiger partial charge < -0.3 is 0 Å². The van der Waals surface area contributed by atoms with Gasteiger partial charge in [-0.1, -0.05) is 47.7 Å². The topological polar surface area (TPSA) is 59.0 Å². The maximum absolute atomic E-state index is 14.4. The molecule has 0 unspecified atom stereocenters. The molecule has 0 radical (unpaired) electrons. The van der Waals surface area contributed by atoms with Gasteiger partial charge in [0.15, 0.2) is 5.13 Å². The van der Waals surface area contributed by atoms with E-state index in [4.69, 9.17) is 9.97 Å². The van der Waals surface area contributed by atoms with Crippen LogP contribution in [0.5, 0.6) is 0 Å². The number of nitrogens with zero attached hydrogens (tertiary/aromatic N) is 4. The van der Waals surface area contributed by atoms with Gasteiger partial charge >= 0.3 is 0 Å². The Labute approximate surface area is 216 Å². The normalized spacial score (nSPS) is 11.3. The molecule has 6 rings (SSSR count). The molecular weight excluding hydrogens is 484 g/mol. The van der Waals surface area contributed by atoms with Gasteiger partial charge in [-0.2, -0.15) is 0 Å². The van der Waals surface area contributed by atoms with Crippen LogP contribution in [-0.4, -0.2) is 20.9 Å². The van der Waals surface area contributed by atoms with Crippen molar-refractivity contribution in [2.45, 2.75) is 20.4 Å². The number of aryl methyl sites for hydroxylation is 2. The van der Waals surface area contributed by atoms with Crippen molar-refractivity contribution in [2.75, 3.05) is 4.90 Å². The van der Waals surface area contributed by atoms with E-state index < -0.39 is 0 Å². The summed E-state index contributed by atoms with van der Waals surface area (Å²) in [4.78, 5) is 31.2. The van der Waals surface area contributed by atoms with Crippen molar-refractivity contribution in [3.05, 3.63) is 107 Å². The summed E-state index contributed by atoms with van der Waals surface area (Å²) < 4.78 is 1.07. The van der Waals surface area contributed by atoms with Crippen molar-refractivity contribution in [3.63, 3.8) is 0 Å². The highest BCUT2D eigenvalue weighted by Gasteiger charge is 2.25. The van der Waals surface area contributed by atoms with Crippen LogP contribution < -0.4 is 4.90 Å². The summed E-state index contributed by atoms with van der Waals surface area (Å²) in [7, 11) is 0. The minimum Gasteiger partial charge on any atom is -0.279 e. The summed E-state index contributed by atoms with van der Waals surface area (Å²) in [5.41, 5.74) is 6.41. The first-order valence-corrected chi connectivity index (χ1v) is 13.3. The fourth-order valence-corrected chi connectivity index (χ4v) is 5.99. The van der Waals surface area contributed by atoms with Crippen LogP contribution in [0.1, 0.15) is 27.0 Å². The van der Waals surface area contributed by atoms with Crippen LogP contribution in [0, 0.1) is 13.8 Å². The van der Waals surface area contributed by atoms with E-state index in [1.165, 1.54) is 16.9 Å². The van der Waals surface area contributed by atoms with E-state index in [2.05, 4.69) is 31.0 Å². The van der Waals surface area contributed by atoms with Gasteiger partial charge in [-0.15, -0.1) is 11.3 Å². The number of para-hydroxylation sites is 1. The van der Waals surface area contributed by atoms with Crippen molar-refractivity contribution in [1.29, 1.82) is 0 Å². The molecule has 7 heteroatoms. The molecule has 0 aliphatic carbocycles. The van der Waals surface area contributed by atoms with Gasteiger partial charge in [-0.05, 0) is 66.2 Å². The molecule has 5 nitrogen and oxygen atoms in total. The molecule has 1 amide bonds. The molecule has 0 aliphatic rings. The molecule has 176 valence electrons. The molecule has 0 bridgehead atoms. The van der Waals surface area contributed by atoms with Gasteiger partial charge in [0.1, 0.15) is 0 Å². The second-order valence-corrected chi connectivity index (χ2v) is 10.6. The van der Waals surface area contributed by atoms with Crippen LogP contribution in [-0.2, 0) is 6.54 Å². The Morgan fingerprint density at radius 2 is 1.86 bits per heavy atom. The number of amides is 1. The van der Waals surface area contributed by atoms with Crippen molar-refractivity contribution in [2.24, 2.45) is 0 Å². The van der Waals surface area contributed by atoms with Gasteiger partial charge in [0.25, 0.3) is 5.91 Å². The summed E-state index contributed by atoms with van der Waals surface area (Å²) in [6.07, 6.45) is 3.54. The molecule has 0 saturated carbocycles. The zero-order valence-electron chi connectivity index (χ0n) is 19.8. The number of carbonyl (C=O) groups excluding carboxylic acids is 1. The summed E-state index contributed by atoms with van der Waals surface area (Å²) in [5, 5.41) is 3.52. The Morgan fingerprint density at radius 3 is 2.67 bits per heavy atom. The number of fused-ring (bicyclic) bond motifs is 2. The molecule has 0 atom stereocenters. The Balaban J connectivity index is 1.53. The van der Waals surface area contributed by atoms with Crippen LogP contribution >= 0.6 is 22.7 Å². The van der Waals surface area contributed by atoms with Crippen molar-refractivity contribution < 1.29 is 4.79 Å². The van der Waals surface area contributed by atoms with Gasteiger partial charge in [0.2, 0.25) is 0 Å². The smallest absolute Gasteiger partial charge is 0.261 e. The lowest BCUT2D eigenvalue weighted by molar-refractivity contribution is 0.0986. The Bertz CT molecular complexity index is 1710. The van der Waals surface area contributed by atoms with Crippen molar-refractivity contribution in [3.8, 4) is 10.6 Å². The van der Waals surface area contributed by atoms with E-state index in [9.17, 15) is 4.79 Å². The first kappa shape index (κ1) is 22.5. The summed E-state index contributed by atoms with van der Waals surface area (Å²) >= 11 is 3.15. The highest BCUT2D eigenvalue weighted by molar-refractivity contribution is 7.22. The first-order chi connectivity index (χ1) is 17.6. The summed E-state index contributed by atoms with van der Waals surface area (Å²) in [6, 6.07) is 21.8. The Kier molecular flexibility index (Phi) is 5.79. The van der Waals surface area contributed by atoms with E-state index in [1.807, 2.05) is 60.0 Å². The molecule has 0 aliphatic heterocycles. The number of hydrogen-bond acceptors (Lipinski definition) is 6. The average molecular weight is 507 g/mol. The fourth-order valence-electron chi connectivity index (χ4n) is 4.28. The number of rotatable bonds is 5. The highest BCUT2D eigenvalue weighted by Crippen LogP contribution is 2.35. The van der Waals surface area contributed by atoms with Gasteiger partial charge in [-0.25, -0.2) is 9.97 Å². The van der Waals surface area contributed by atoms with Crippen LogP contribution in [0.3, 0.4) is 0 Å². The quantitative estimate of drug-likeness (QED) is 0.244. The minimum absolute atomic E-state index is 0.108. The molecule has 0 saturated heterocycles. The molecular formula is C29H22N4OS2. The minimum atomic E-state index is -0.108. The number of benzene rings is 2. The number of aromatic nitrogens is 3. The van der Waals surface area contributed by atoms with Gasteiger partial charge in [0, 0.05) is 17.8 Å². The zero-order valence-corrected chi connectivity index (χ0v) is 21.4. The van der Waals surface area contributed by atoms with Crippen LogP contribution in [0.4, 0.5) is 5.13 Å². The van der Waals surface area contributed by atoms with E-state index in [1.54, 1.807) is 28.6 Å². The van der Waals surface area contributed by atoms with E-state index in [-0.39, 0.29) is 5.91 Å². The average Bonchev–Trinajstić information content (AvgIpc) is 3.60. The highest BCUT2D eigenvalue weighted by atomic mass is 32.1. The van der Waals surface area contributed by atoms with Crippen LogP contribution in [0.25, 0.3) is 31.7 Å². The fraction of sp³-hybridized carbons (Fsp3) is 0.103. The molecule has 4 heterocycles. The number of anilines is 1. The molecule has 4 aromatic heterocycles. The molecule has 6 aromatic rings. The zero-order chi connectivity index (χ0) is 24.6. The monoisotopic (exact) mass is 506 g/mol. The number of thiazole rings is 1. The lowest BCUT2D eigenvalue weighted by Crippen LogP contribution is -2.30. The maximum atomic E-state index is 14.4. The molecule has 0 fully saturated rings. The molecule has 2 aromatic carbocycles. The molecule has 0 spiro atoms. The van der Waals surface area contributed by atoms with Crippen LogP contribution in [0.2, 0.25) is 0 Å². The lowest BCUT2D eigenvalue weighted by atomic mass is 10.1. The van der Waals surface area contributed by atoms with E-state index in [0.717, 1.165) is 42.8 Å². The third-order valence-corrected chi connectivity index (χ3v) is 8.27. The van der Waals surface area contributed by atoms with Gasteiger partial charge in [-0.3, -0.25) is 14.7 Å². The third-order valence-electron chi connectivity index (χ3n) is 6.33. The SMILES string of the molecule is Cc1ccc2sc(N(Cc3cccnc3)C(=O)c3cc(-c4cccs4)nc4ccccc34)nc2c1C. The second-order valence-electron chi connectivity index (χ2n) is 8.65. The Morgan fingerprint density at radius 1 is 0.972 bits per heavy atom. The number of hydrogen-bond donors (Lipinski definition) is 0. The van der Waals surface area contributed by atoms with Crippen molar-refractivity contribution >= 4 is 54.8 Å². The largest absolute Gasteiger partial charge is 0.279 e. The standard InChI is InChI=1S/C29H22N4OS2/c1-18-11-12-26-27(19(18)2)32-29(36-26)33(17-20-7-5-13-30-16-20)28(34)22-15-24(25-10-6-14-35-25)31-23-9-4-3-8-21(22)23/h3-16H,17H2,1-2H3. The number of thiophene rings is 1. The molecule has 0 N–H and O–H groups in total. The van der Waals surface area contributed by atoms with Gasteiger partial charge in [0.05, 0.1) is 38.4 Å². The Hall–Kier alpha value is -3.94. The number of carbonyl (C=O) groups is 1. The van der Waals surface area contributed by atoms with Crippen molar-refractivity contribution in [1.82, 2.24) is 15.0 Å². The predicted molar refractivity (Wildman–Crippen MR) is 149 cm³/mol. The molecule has 36 heavy (non-hydrogen) atoms. The van der Waals surface area contributed by atoms with E-state index >= 15 is 0 Å². The summed E-state index contributed by atoms with van der Waals surface area (Å²) in [6.45, 7) is 4.54. The second kappa shape index (κ2) is 9.26. The summed E-state index contributed by atoms with van der Waals surface area (Å²) in [5.74, 6) is -0.108. The number of pyridine rings is 2. The lowest BCUT2D eigenvalue weighted by Gasteiger charge is -2.21. The first-order valence-electron chi connectivity index (χ1n) is 11.6. The third kappa shape index (κ3) is 4.06. The predicted octanol–water partition coefficient (Wildman–Crippen LogP) is 7.43. The maximum Gasteiger partial charge on any atom is 0.261 e. The van der Waals surface area contributed by atoms with E-state index in [0.29, 0.717) is 17.2 Å².